The fourth-order valence-corrected chi connectivity index (χ4v) is 4.36. The summed E-state index contributed by atoms with van der Waals surface area (Å²) in [6.07, 6.45) is 4.91. The van der Waals surface area contributed by atoms with Gasteiger partial charge in [0.05, 0.1) is 12.3 Å². The maximum atomic E-state index is 12.7. The topological polar surface area (TPSA) is 60.3 Å². The van der Waals surface area contributed by atoms with Crippen LogP contribution in [0.25, 0.3) is 11.1 Å². The molecule has 2 aliphatic heterocycles. The first kappa shape index (κ1) is 18.7. The molecule has 152 valence electrons. The average Bonchev–Trinajstić information content (AvgIpc) is 3.29. The van der Waals surface area contributed by atoms with Crippen molar-refractivity contribution in [2.75, 3.05) is 6.61 Å². The predicted octanol–water partition coefficient (Wildman–Crippen LogP) is 4.31. The summed E-state index contributed by atoms with van der Waals surface area (Å²) in [6, 6.07) is 18.0. The molecule has 0 bridgehead atoms. The highest BCUT2D eigenvalue weighted by Crippen LogP contribution is 2.30. The van der Waals surface area contributed by atoms with Crippen molar-refractivity contribution in [2.24, 2.45) is 0 Å². The summed E-state index contributed by atoms with van der Waals surface area (Å²) >= 11 is 0. The first-order valence-corrected chi connectivity index (χ1v) is 10.5. The van der Waals surface area contributed by atoms with Crippen LogP contribution in [0.15, 0.2) is 60.8 Å². The van der Waals surface area contributed by atoms with Gasteiger partial charge in [0.15, 0.2) is 5.78 Å². The number of aryl methyl sites for hydroxylation is 1. The molecule has 3 aromatic rings. The van der Waals surface area contributed by atoms with Gasteiger partial charge < -0.3 is 14.6 Å². The smallest absolute Gasteiger partial charge is 0.243 e. The molecular weight excluding hydrogens is 376 g/mol. The molecule has 1 atom stereocenters. The molecule has 2 aromatic carbocycles. The molecule has 0 aliphatic carbocycles. The second kappa shape index (κ2) is 7.82. The minimum Gasteiger partial charge on any atom is -0.493 e. The van der Waals surface area contributed by atoms with Crippen LogP contribution in [0.5, 0.6) is 5.75 Å². The van der Waals surface area contributed by atoms with E-state index in [1.165, 1.54) is 11.1 Å². The summed E-state index contributed by atoms with van der Waals surface area (Å²) in [5, 5.41) is 3.03. The second-order valence-electron chi connectivity index (χ2n) is 7.97. The van der Waals surface area contributed by atoms with E-state index in [2.05, 4.69) is 47.8 Å². The highest BCUT2D eigenvalue weighted by atomic mass is 16.5. The van der Waals surface area contributed by atoms with Crippen LogP contribution >= 0.6 is 0 Å². The van der Waals surface area contributed by atoms with Gasteiger partial charge in [-0.1, -0.05) is 30.3 Å². The van der Waals surface area contributed by atoms with Crippen LogP contribution in [0.1, 0.15) is 46.9 Å². The average molecular weight is 400 g/mol. The Balaban J connectivity index is 1.24. The first-order chi connectivity index (χ1) is 14.7. The minimum atomic E-state index is -0.315. The van der Waals surface area contributed by atoms with Gasteiger partial charge in [-0.25, -0.2) is 0 Å². The zero-order chi connectivity index (χ0) is 20.5. The third-order valence-corrected chi connectivity index (χ3v) is 6.01. The van der Waals surface area contributed by atoms with Gasteiger partial charge in [-0.05, 0) is 65.8 Å². The zero-order valence-corrected chi connectivity index (χ0v) is 16.8. The predicted molar refractivity (Wildman–Crippen MR) is 115 cm³/mol. The van der Waals surface area contributed by atoms with Crippen LogP contribution in [0.4, 0.5) is 0 Å². The number of nitrogens with one attached hydrogen (secondary N) is 1. The van der Waals surface area contributed by atoms with Gasteiger partial charge in [0.25, 0.3) is 0 Å². The molecule has 0 saturated carbocycles. The van der Waals surface area contributed by atoms with Gasteiger partial charge in [0.1, 0.15) is 11.8 Å². The highest BCUT2D eigenvalue weighted by molar-refractivity contribution is 5.97. The monoisotopic (exact) mass is 400 g/mol. The number of aromatic nitrogens is 1. The summed E-state index contributed by atoms with van der Waals surface area (Å²) in [5.74, 6) is 1.06. The lowest BCUT2D eigenvalue weighted by Crippen LogP contribution is -2.35. The molecule has 1 unspecified atom stereocenters. The lowest BCUT2D eigenvalue weighted by molar-refractivity contribution is -0.124. The second-order valence-corrected chi connectivity index (χ2v) is 7.97. The van der Waals surface area contributed by atoms with Crippen molar-refractivity contribution in [1.29, 1.82) is 0 Å². The summed E-state index contributed by atoms with van der Waals surface area (Å²) < 4.78 is 7.50. The van der Waals surface area contributed by atoms with Crippen LogP contribution in [-0.2, 0) is 17.8 Å². The molecule has 5 heteroatoms. The Kier molecular flexibility index (Phi) is 4.87. The van der Waals surface area contributed by atoms with Crippen molar-refractivity contribution < 1.29 is 14.3 Å². The Morgan fingerprint density at radius 3 is 2.77 bits per heavy atom. The Labute approximate surface area is 175 Å². The number of rotatable bonds is 4. The van der Waals surface area contributed by atoms with Gasteiger partial charge >= 0.3 is 0 Å². The van der Waals surface area contributed by atoms with Gasteiger partial charge in [0.2, 0.25) is 5.91 Å². The van der Waals surface area contributed by atoms with Crippen LogP contribution < -0.4 is 10.1 Å². The molecule has 1 N–H and O–H groups in total. The zero-order valence-electron chi connectivity index (χ0n) is 16.8. The fourth-order valence-electron chi connectivity index (χ4n) is 4.36. The van der Waals surface area contributed by atoms with Crippen molar-refractivity contribution in [1.82, 2.24) is 9.88 Å². The van der Waals surface area contributed by atoms with Gasteiger partial charge in [0, 0.05) is 19.2 Å². The normalized spacial score (nSPS) is 17.6. The van der Waals surface area contributed by atoms with Crippen molar-refractivity contribution in [3.8, 4) is 16.9 Å². The molecule has 30 heavy (non-hydrogen) atoms. The number of carbonyl (C=O) groups excluding carboxylic acids is 2. The van der Waals surface area contributed by atoms with Crippen molar-refractivity contribution >= 4 is 11.7 Å². The Morgan fingerprint density at radius 1 is 1.07 bits per heavy atom. The molecule has 0 radical (unpaired) electrons. The fraction of sp³-hybridized carbons (Fsp3) is 0.280. The maximum absolute atomic E-state index is 12.7. The summed E-state index contributed by atoms with van der Waals surface area (Å²) in [5.41, 5.74) is 5.28. The van der Waals surface area contributed by atoms with E-state index >= 15 is 0 Å². The van der Waals surface area contributed by atoms with Crippen molar-refractivity contribution in [3.05, 3.63) is 77.6 Å². The highest BCUT2D eigenvalue weighted by Gasteiger charge is 2.29. The van der Waals surface area contributed by atoms with E-state index in [1.807, 2.05) is 12.3 Å². The molecule has 3 heterocycles. The number of Topliss-reactive ketones (excluding diaryl/α,β-unsaturated/α-hetero) is 1. The van der Waals surface area contributed by atoms with E-state index in [4.69, 9.17) is 4.74 Å². The number of hydrogen-bond acceptors (Lipinski definition) is 3. The number of carbonyl (C=O) groups is 2. The van der Waals surface area contributed by atoms with Crippen LogP contribution in [0.3, 0.4) is 0 Å². The Hall–Kier alpha value is -3.34. The third-order valence-electron chi connectivity index (χ3n) is 6.01. The van der Waals surface area contributed by atoms with Crippen LogP contribution in [0.2, 0.25) is 0 Å². The van der Waals surface area contributed by atoms with Gasteiger partial charge in [-0.15, -0.1) is 0 Å². The lowest BCUT2D eigenvalue weighted by atomic mass is 9.98. The maximum Gasteiger partial charge on any atom is 0.243 e. The van der Waals surface area contributed by atoms with E-state index in [0.29, 0.717) is 25.1 Å². The molecule has 0 saturated heterocycles. The summed E-state index contributed by atoms with van der Waals surface area (Å²) in [4.78, 5) is 24.7. The third kappa shape index (κ3) is 3.52. The van der Waals surface area contributed by atoms with Gasteiger partial charge in [-0.2, -0.15) is 0 Å². The van der Waals surface area contributed by atoms with E-state index in [-0.39, 0.29) is 17.7 Å². The number of hydrogen-bond donors (Lipinski definition) is 1. The standard InChI is InChI=1S/C25H24N2O3/c28-23-11-10-22(27-13-1-4-21(23)27)25(29)26-16-17-5-7-18(8-6-17)19-9-12-24-20(15-19)3-2-14-30-24/h1,4-9,12-13,15,22H,2-3,10-11,14,16H2,(H,26,29). The molecule has 0 spiro atoms. The van der Waals surface area contributed by atoms with Gasteiger partial charge in [-0.3, -0.25) is 9.59 Å². The number of ketones is 1. The molecule has 5 rings (SSSR count). The van der Waals surface area contributed by atoms with E-state index < -0.39 is 0 Å². The number of benzene rings is 2. The SMILES string of the molecule is O=C1CCC(C(=O)NCc2ccc(-c3ccc4c(c3)CCCO4)cc2)n2cccc21. The van der Waals surface area contributed by atoms with Crippen LogP contribution in [-0.4, -0.2) is 22.9 Å². The van der Waals surface area contributed by atoms with E-state index in [0.717, 1.165) is 36.3 Å². The summed E-state index contributed by atoms with van der Waals surface area (Å²) in [7, 11) is 0. The molecule has 0 fully saturated rings. The Bertz CT molecular complexity index is 1100. The largest absolute Gasteiger partial charge is 0.493 e. The molecule has 2 aliphatic rings. The Morgan fingerprint density at radius 2 is 1.90 bits per heavy atom. The number of amides is 1. The van der Waals surface area contributed by atoms with Crippen molar-refractivity contribution in [2.45, 2.75) is 38.3 Å². The van der Waals surface area contributed by atoms with E-state index in [9.17, 15) is 9.59 Å². The minimum absolute atomic E-state index is 0.0429. The number of nitrogens with zero attached hydrogens (tertiary/aromatic N) is 1. The van der Waals surface area contributed by atoms with E-state index in [1.54, 1.807) is 10.6 Å². The quantitative estimate of drug-likeness (QED) is 0.710. The summed E-state index contributed by atoms with van der Waals surface area (Å²) in [6.45, 7) is 1.27. The molecule has 5 nitrogen and oxygen atoms in total. The van der Waals surface area contributed by atoms with Crippen molar-refractivity contribution in [3.63, 3.8) is 0 Å². The molecule has 1 amide bonds. The molecule has 1 aromatic heterocycles. The lowest BCUT2D eigenvalue weighted by Gasteiger charge is -2.24. The number of ether oxygens (including phenoxy) is 1. The molecular formula is C25H24N2O3. The number of fused-ring (bicyclic) bond motifs is 2. The van der Waals surface area contributed by atoms with Crippen LogP contribution in [0, 0.1) is 0 Å². The first-order valence-electron chi connectivity index (χ1n) is 10.5.